The molecule has 0 saturated heterocycles. The number of nitrogens with one attached hydrogen (secondary N) is 1. The number of aliphatic carboxylic acids is 1. The van der Waals surface area contributed by atoms with Crippen LogP contribution in [0.15, 0.2) is 30.3 Å². The molecule has 1 atom stereocenters. The van der Waals surface area contributed by atoms with Crippen LogP contribution in [0.2, 0.25) is 0 Å². The van der Waals surface area contributed by atoms with Crippen molar-refractivity contribution < 1.29 is 18.3 Å². The summed E-state index contributed by atoms with van der Waals surface area (Å²) in [5, 5.41) is 9.04. The number of sulfonamides is 1. The van der Waals surface area contributed by atoms with Crippen molar-refractivity contribution in [3.63, 3.8) is 0 Å². The molecule has 1 aromatic rings. The Kier molecular flexibility index (Phi) is 5.30. The third-order valence-corrected chi connectivity index (χ3v) is 3.96. The van der Waals surface area contributed by atoms with Gasteiger partial charge in [0.25, 0.3) is 0 Å². The molecule has 0 bridgehead atoms. The largest absolute Gasteiger partial charge is 0.480 e. The van der Waals surface area contributed by atoms with Crippen molar-refractivity contribution in [2.45, 2.75) is 25.8 Å². The van der Waals surface area contributed by atoms with E-state index >= 15 is 0 Å². The van der Waals surface area contributed by atoms with Crippen LogP contribution in [0.5, 0.6) is 0 Å². The normalized spacial score (nSPS) is 13.2. The van der Waals surface area contributed by atoms with Gasteiger partial charge in [0.1, 0.15) is 6.04 Å². The highest BCUT2D eigenvalue weighted by Gasteiger charge is 2.23. The summed E-state index contributed by atoms with van der Waals surface area (Å²) in [5.74, 6) is -1.23. The number of carboxylic acid groups (broad SMARTS) is 1. The molecule has 1 aromatic carbocycles. The topological polar surface area (TPSA) is 83.5 Å². The highest BCUT2D eigenvalue weighted by atomic mass is 32.2. The smallest absolute Gasteiger partial charge is 0.322 e. The van der Waals surface area contributed by atoms with Crippen LogP contribution in [0.25, 0.3) is 0 Å². The molecule has 0 aliphatic carbocycles. The van der Waals surface area contributed by atoms with Gasteiger partial charge >= 0.3 is 5.97 Å². The van der Waals surface area contributed by atoms with Crippen molar-refractivity contribution in [2.75, 3.05) is 5.75 Å². The first-order valence-electron chi connectivity index (χ1n) is 5.71. The molecule has 18 heavy (non-hydrogen) atoms. The Balaban J connectivity index is 2.76. The number of rotatable bonds is 7. The molecule has 0 spiro atoms. The van der Waals surface area contributed by atoms with Gasteiger partial charge in [0.05, 0.1) is 5.75 Å². The highest BCUT2D eigenvalue weighted by Crippen LogP contribution is 2.05. The number of carbonyl (C=O) groups is 1. The summed E-state index contributed by atoms with van der Waals surface area (Å²) in [6.45, 7) is 1.73. The van der Waals surface area contributed by atoms with Crippen LogP contribution in [0.1, 0.15) is 18.9 Å². The minimum absolute atomic E-state index is 0.0639. The van der Waals surface area contributed by atoms with Crippen molar-refractivity contribution in [2.24, 2.45) is 0 Å². The molecule has 0 aliphatic heterocycles. The zero-order valence-corrected chi connectivity index (χ0v) is 11.0. The predicted octanol–water partition coefficient (Wildman–Crippen LogP) is 1.01. The van der Waals surface area contributed by atoms with E-state index in [1.54, 1.807) is 31.2 Å². The second kappa shape index (κ2) is 6.51. The average Bonchev–Trinajstić information content (AvgIpc) is 2.29. The standard InChI is InChI=1S/C12H17NO4S/c1-2-8-18(16,17)13-11(12(14)15)9-10-6-4-3-5-7-10/h3-7,11,13H,2,8-9H2,1H3,(H,14,15). The lowest BCUT2D eigenvalue weighted by Gasteiger charge is -2.14. The molecule has 1 unspecified atom stereocenters. The van der Waals surface area contributed by atoms with E-state index in [1.807, 2.05) is 6.07 Å². The van der Waals surface area contributed by atoms with Crippen molar-refractivity contribution in [3.05, 3.63) is 35.9 Å². The molecule has 0 radical (unpaired) electrons. The SMILES string of the molecule is CCCS(=O)(=O)NC(Cc1ccccc1)C(=O)O. The Bertz CT molecular complexity index is 484. The van der Waals surface area contributed by atoms with Gasteiger partial charge in [-0.1, -0.05) is 37.3 Å². The Morgan fingerprint density at radius 2 is 1.94 bits per heavy atom. The van der Waals surface area contributed by atoms with E-state index in [0.29, 0.717) is 6.42 Å². The van der Waals surface area contributed by atoms with E-state index in [4.69, 9.17) is 5.11 Å². The van der Waals surface area contributed by atoms with Crippen LogP contribution in [-0.4, -0.2) is 31.3 Å². The number of benzene rings is 1. The van der Waals surface area contributed by atoms with E-state index in [0.717, 1.165) is 5.56 Å². The summed E-state index contributed by atoms with van der Waals surface area (Å²) in [4.78, 5) is 11.1. The van der Waals surface area contributed by atoms with Crippen molar-refractivity contribution >= 4 is 16.0 Å². The van der Waals surface area contributed by atoms with E-state index in [-0.39, 0.29) is 12.2 Å². The van der Waals surface area contributed by atoms with Gasteiger partial charge in [-0.15, -0.1) is 0 Å². The molecule has 6 heteroatoms. The molecule has 5 nitrogen and oxygen atoms in total. The third kappa shape index (κ3) is 4.85. The molecule has 2 N–H and O–H groups in total. The van der Waals surface area contributed by atoms with Gasteiger partial charge < -0.3 is 5.11 Å². The van der Waals surface area contributed by atoms with Gasteiger partial charge in [-0.05, 0) is 18.4 Å². The zero-order chi connectivity index (χ0) is 13.6. The summed E-state index contributed by atoms with van der Waals surface area (Å²) in [6, 6.07) is 7.81. The quantitative estimate of drug-likeness (QED) is 0.775. The predicted molar refractivity (Wildman–Crippen MR) is 68.8 cm³/mol. The molecule has 0 aliphatic rings. The van der Waals surface area contributed by atoms with Crippen molar-refractivity contribution in [1.82, 2.24) is 4.72 Å². The molecule has 100 valence electrons. The summed E-state index contributed by atoms with van der Waals surface area (Å²) in [6.07, 6.45) is 0.589. The zero-order valence-electron chi connectivity index (χ0n) is 10.2. The van der Waals surface area contributed by atoms with Gasteiger partial charge in [0, 0.05) is 0 Å². The first-order valence-corrected chi connectivity index (χ1v) is 7.36. The fourth-order valence-corrected chi connectivity index (χ4v) is 2.85. The number of hydrogen-bond acceptors (Lipinski definition) is 3. The Labute approximate surface area is 107 Å². The molecule has 0 heterocycles. The fraction of sp³-hybridized carbons (Fsp3) is 0.417. The van der Waals surface area contributed by atoms with E-state index < -0.39 is 22.0 Å². The highest BCUT2D eigenvalue weighted by molar-refractivity contribution is 7.89. The number of carboxylic acids is 1. The first-order chi connectivity index (χ1) is 8.44. The molecule has 0 saturated carbocycles. The average molecular weight is 271 g/mol. The van der Waals surface area contributed by atoms with Crippen molar-refractivity contribution in [1.29, 1.82) is 0 Å². The van der Waals surface area contributed by atoms with E-state index in [1.165, 1.54) is 0 Å². The summed E-state index contributed by atoms with van der Waals surface area (Å²) in [5.41, 5.74) is 0.782. The lowest BCUT2D eigenvalue weighted by atomic mass is 10.1. The van der Waals surface area contributed by atoms with Crippen LogP contribution in [0.3, 0.4) is 0 Å². The van der Waals surface area contributed by atoms with Crippen LogP contribution in [0, 0.1) is 0 Å². The Hall–Kier alpha value is -1.40. The van der Waals surface area contributed by atoms with Crippen LogP contribution in [-0.2, 0) is 21.2 Å². The van der Waals surface area contributed by atoms with Crippen LogP contribution in [0.4, 0.5) is 0 Å². The summed E-state index contributed by atoms with van der Waals surface area (Å²) >= 11 is 0. The van der Waals surface area contributed by atoms with E-state index in [2.05, 4.69) is 4.72 Å². The lowest BCUT2D eigenvalue weighted by Crippen LogP contribution is -2.43. The third-order valence-electron chi connectivity index (χ3n) is 2.38. The van der Waals surface area contributed by atoms with E-state index in [9.17, 15) is 13.2 Å². The Morgan fingerprint density at radius 3 is 2.44 bits per heavy atom. The van der Waals surface area contributed by atoms with Gasteiger partial charge in [0.2, 0.25) is 10.0 Å². The second-order valence-electron chi connectivity index (χ2n) is 4.02. The fourth-order valence-electron chi connectivity index (χ4n) is 1.57. The number of hydrogen-bond donors (Lipinski definition) is 2. The maximum atomic E-state index is 11.6. The first kappa shape index (κ1) is 14.7. The van der Waals surface area contributed by atoms with Gasteiger partial charge in [0.15, 0.2) is 0 Å². The van der Waals surface area contributed by atoms with Crippen LogP contribution < -0.4 is 4.72 Å². The maximum Gasteiger partial charge on any atom is 0.322 e. The minimum atomic E-state index is -3.53. The molecular formula is C12H17NO4S. The van der Waals surface area contributed by atoms with Crippen LogP contribution >= 0.6 is 0 Å². The molecule has 0 amide bonds. The van der Waals surface area contributed by atoms with Gasteiger partial charge in [-0.25, -0.2) is 13.1 Å². The molecule has 0 aromatic heterocycles. The second-order valence-corrected chi connectivity index (χ2v) is 5.89. The van der Waals surface area contributed by atoms with Crippen molar-refractivity contribution in [3.8, 4) is 0 Å². The molecule has 1 rings (SSSR count). The minimum Gasteiger partial charge on any atom is -0.480 e. The Morgan fingerprint density at radius 1 is 1.33 bits per heavy atom. The summed E-state index contributed by atoms with van der Waals surface area (Å²) in [7, 11) is -3.53. The molecular weight excluding hydrogens is 254 g/mol. The maximum absolute atomic E-state index is 11.6. The lowest BCUT2D eigenvalue weighted by molar-refractivity contribution is -0.138. The monoisotopic (exact) mass is 271 g/mol. The van der Waals surface area contributed by atoms with Gasteiger partial charge in [-0.3, -0.25) is 4.79 Å². The summed E-state index contributed by atoms with van der Waals surface area (Å²) < 4.78 is 25.3. The molecule has 0 fully saturated rings. The van der Waals surface area contributed by atoms with Gasteiger partial charge in [-0.2, -0.15) is 0 Å².